The molecule has 0 bridgehead atoms. The maximum Gasteiger partial charge on any atom is 0.157 e. The third-order valence-corrected chi connectivity index (χ3v) is 4.67. The summed E-state index contributed by atoms with van der Waals surface area (Å²) in [4.78, 5) is 4.50. The summed E-state index contributed by atoms with van der Waals surface area (Å²) in [6.07, 6.45) is 1.51. The van der Waals surface area contributed by atoms with Crippen molar-refractivity contribution in [2.24, 2.45) is 10.4 Å². The molecule has 1 aliphatic heterocycles. The molecular weight excluding hydrogens is 220 g/mol. The second-order valence-corrected chi connectivity index (χ2v) is 6.70. The smallest absolute Gasteiger partial charge is 0.157 e. The number of aliphatic imine (C=N–C) groups is 1. The minimum Gasteiger partial charge on any atom is -0.378 e. The van der Waals surface area contributed by atoms with E-state index in [0.717, 1.165) is 24.7 Å². The van der Waals surface area contributed by atoms with Crippen molar-refractivity contribution in [1.29, 1.82) is 0 Å². The second kappa shape index (κ2) is 4.57. The first kappa shape index (κ1) is 12.2. The summed E-state index contributed by atoms with van der Waals surface area (Å²) in [5.74, 6) is 0. The third kappa shape index (κ3) is 2.23. The third-order valence-electron chi connectivity index (χ3n) is 3.65. The largest absolute Gasteiger partial charge is 0.378 e. The van der Waals surface area contributed by atoms with Crippen LogP contribution >= 0.6 is 11.8 Å². The lowest BCUT2D eigenvalue weighted by Crippen LogP contribution is -2.61. The summed E-state index contributed by atoms with van der Waals surface area (Å²) in [5.41, 5.74) is 0.227. The minimum atomic E-state index is 0.227. The van der Waals surface area contributed by atoms with Gasteiger partial charge in [0.1, 0.15) is 0 Å². The van der Waals surface area contributed by atoms with Gasteiger partial charge in [-0.05, 0) is 13.3 Å². The number of rotatable bonds is 3. The number of hydrogen-bond donors (Lipinski definition) is 1. The first-order valence-corrected chi connectivity index (χ1v) is 7.01. The first-order chi connectivity index (χ1) is 7.54. The van der Waals surface area contributed by atoms with E-state index < -0.39 is 0 Å². The Morgan fingerprint density at radius 2 is 2.31 bits per heavy atom. The van der Waals surface area contributed by atoms with E-state index in [1.807, 2.05) is 11.8 Å². The zero-order chi connectivity index (χ0) is 11.8. The van der Waals surface area contributed by atoms with E-state index in [1.165, 1.54) is 0 Å². The van der Waals surface area contributed by atoms with Crippen molar-refractivity contribution < 1.29 is 4.74 Å². The average Bonchev–Trinajstić information content (AvgIpc) is 2.63. The molecule has 92 valence electrons. The lowest BCUT2D eigenvalue weighted by atomic mass is 9.64. The lowest BCUT2D eigenvalue weighted by molar-refractivity contribution is -0.109. The summed E-state index contributed by atoms with van der Waals surface area (Å²) in [6, 6.07) is 0.514. The molecule has 0 radical (unpaired) electrons. The predicted octanol–water partition coefficient (Wildman–Crippen LogP) is 2.27. The number of amidine groups is 1. The van der Waals surface area contributed by atoms with Gasteiger partial charge in [-0.1, -0.05) is 32.5 Å². The van der Waals surface area contributed by atoms with Gasteiger partial charge in [0.2, 0.25) is 0 Å². The van der Waals surface area contributed by atoms with Gasteiger partial charge in [-0.3, -0.25) is 4.99 Å². The zero-order valence-electron chi connectivity index (χ0n) is 10.6. The van der Waals surface area contributed by atoms with Crippen LogP contribution in [0.25, 0.3) is 0 Å². The molecule has 1 saturated carbocycles. The van der Waals surface area contributed by atoms with Gasteiger partial charge < -0.3 is 10.1 Å². The van der Waals surface area contributed by atoms with E-state index in [-0.39, 0.29) is 5.41 Å². The average molecular weight is 242 g/mol. The van der Waals surface area contributed by atoms with Gasteiger partial charge in [0, 0.05) is 23.3 Å². The van der Waals surface area contributed by atoms with Crippen LogP contribution in [0.3, 0.4) is 0 Å². The molecule has 2 rings (SSSR count). The van der Waals surface area contributed by atoms with E-state index in [0.29, 0.717) is 17.4 Å². The van der Waals surface area contributed by atoms with Gasteiger partial charge in [0.15, 0.2) is 5.17 Å². The highest BCUT2D eigenvalue weighted by Gasteiger charge is 2.49. The number of nitrogens with one attached hydrogen (secondary N) is 1. The van der Waals surface area contributed by atoms with Crippen LogP contribution in [0.5, 0.6) is 0 Å². The fourth-order valence-electron chi connectivity index (χ4n) is 2.32. The predicted molar refractivity (Wildman–Crippen MR) is 70.1 cm³/mol. The minimum absolute atomic E-state index is 0.227. The second-order valence-electron chi connectivity index (χ2n) is 5.27. The van der Waals surface area contributed by atoms with Crippen LogP contribution in [0, 0.1) is 5.41 Å². The van der Waals surface area contributed by atoms with Crippen LogP contribution in [0.4, 0.5) is 0 Å². The summed E-state index contributed by atoms with van der Waals surface area (Å²) in [6.45, 7) is 10.6. The molecule has 1 fully saturated rings. The van der Waals surface area contributed by atoms with Crippen molar-refractivity contribution in [3.8, 4) is 0 Å². The Morgan fingerprint density at radius 1 is 1.56 bits per heavy atom. The molecule has 16 heavy (non-hydrogen) atoms. The topological polar surface area (TPSA) is 33.6 Å². The maximum absolute atomic E-state index is 5.72. The van der Waals surface area contributed by atoms with Crippen molar-refractivity contribution in [2.45, 2.75) is 51.5 Å². The van der Waals surface area contributed by atoms with Crippen LogP contribution in [-0.4, -0.2) is 35.7 Å². The highest BCUT2D eigenvalue weighted by atomic mass is 32.2. The summed E-state index contributed by atoms with van der Waals surface area (Å²) >= 11 is 1.86. The molecule has 3 unspecified atom stereocenters. The lowest BCUT2D eigenvalue weighted by Gasteiger charge is -2.51. The van der Waals surface area contributed by atoms with Crippen molar-refractivity contribution in [1.82, 2.24) is 5.32 Å². The Hall–Kier alpha value is -0.220. The summed E-state index contributed by atoms with van der Waals surface area (Å²) in [5, 5.41) is 5.32. The fourth-order valence-corrected chi connectivity index (χ4v) is 3.21. The van der Waals surface area contributed by atoms with Gasteiger partial charge in [-0.15, -0.1) is 0 Å². The highest BCUT2D eigenvalue weighted by molar-refractivity contribution is 8.14. The van der Waals surface area contributed by atoms with Gasteiger partial charge in [0.05, 0.1) is 12.6 Å². The zero-order valence-corrected chi connectivity index (χ0v) is 11.4. The number of thioether (sulfide) groups is 1. The molecule has 0 amide bonds. The maximum atomic E-state index is 5.72. The number of ether oxygens (including phenoxy) is 1. The molecule has 0 aromatic heterocycles. The highest BCUT2D eigenvalue weighted by Crippen LogP contribution is 2.43. The van der Waals surface area contributed by atoms with Crippen molar-refractivity contribution >= 4 is 16.9 Å². The van der Waals surface area contributed by atoms with E-state index in [1.54, 1.807) is 0 Å². The molecule has 0 spiro atoms. The Bertz CT molecular complexity index is 291. The molecule has 4 heteroatoms. The van der Waals surface area contributed by atoms with Crippen LogP contribution in [0.2, 0.25) is 0 Å². The van der Waals surface area contributed by atoms with Crippen LogP contribution in [-0.2, 0) is 4.74 Å². The van der Waals surface area contributed by atoms with Crippen LogP contribution in [0.1, 0.15) is 34.1 Å². The van der Waals surface area contributed by atoms with Gasteiger partial charge in [-0.2, -0.15) is 0 Å². The molecule has 0 saturated heterocycles. The molecule has 1 heterocycles. The van der Waals surface area contributed by atoms with Gasteiger partial charge >= 0.3 is 0 Å². The normalized spacial score (nSPS) is 36.8. The van der Waals surface area contributed by atoms with Crippen molar-refractivity contribution in [3.63, 3.8) is 0 Å². The van der Waals surface area contributed by atoms with Crippen LogP contribution < -0.4 is 5.32 Å². The van der Waals surface area contributed by atoms with Crippen LogP contribution in [0.15, 0.2) is 4.99 Å². The number of hydrogen-bond acceptors (Lipinski definition) is 4. The standard InChI is InChI=1S/C12H22N2OS/c1-5-15-10-6-9(12(10,3)4)14-11-13-7-8(2)16-11/h8-10H,5-7H2,1-4H3,(H,13,14). The van der Waals surface area contributed by atoms with Crippen molar-refractivity contribution in [2.75, 3.05) is 13.2 Å². The van der Waals surface area contributed by atoms with E-state index in [9.17, 15) is 0 Å². The van der Waals surface area contributed by atoms with E-state index in [4.69, 9.17) is 4.74 Å². The Balaban J connectivity index is 1.85. The Kier molecular flexibility index (Phi) is 3.50. The SMILES string of the molecule is CCOC1CC(NC2=NCC(C)S2)C1(C)C. The molecule has 2 aliphatic rings. The molecule has 0 aromatic rings. The first-order valence-electron chi connectivity index (χ1n) is 6.13. The summed E-state index contributed by atoms with van der Waals surface area (Å²) in [7, 11) is 0. The Labute approximate surface area is 102 Å². The molecule has 1 N–H and O–H groups in total. The monoisotopic (exact) mass is 242 g/mol. The molecule has 0 aromatic carbocycles. The van der Waals surface area contributed by atoms with Gasteiger partial charge in [0.25, 0.3) is 0 Å². The Morgan fingerprint density at radius 3 is 2.81 bits per heavy atom. The summed E-state index contributed by atoms with van der Waals surface area (Å²) < 4.78 is 5.72. The fraction of sp³-hybridized carbons (Fsp3) is 0.917. The van der Waals surface area contributed by atoms with E-state index in [2.05, 4.69) is 38.0 Å². The molecule has 1 aliphatic carbocycles. The molecule has 3 atom stereocenters. The molecule has 3 nitrogen and oxygen atoms in total. The van der Waals surface area contributed by atoms with Gasteiger partial charge in [-0.25, -0.2) is 0 Å². The van der Waals surface area contributed by atoms with Crippen molar-refractivity contribution in [3.05, 3.63) is 0 Å². The van der Waals surface area contributed by atoms with E-state index >= 15 is 0 Å². The quantitative estimate of drug-likeness (QED) is 0.824. The number of nitrogens with zero attached hydrogens (tertiary/aromatic N) is 1. The molecular formula is C12H22N2OS.